The number of aryl methyl sites for hydroxylation is 1. The first-order valence-electron chi connectivity index (χ1n) is 12.1. The van der Waals surface area contributed by atoms with E-state index in [0.717, 1.165) is 23.5 Å². The Hall–Kier alpha value is -2.86. The van der Waals surface area contributed by atoms with E-state index in [9.17, 15) is 8.42 Å². The van der Waals surface area contributed by atoms with Crippen molar-refractivity contribution >= 4 is 26.0 Å². The average molecular weight is 549 g/mol. The summed E-state index contributed by atoms with van der Waals surface area (Å²) in [5.74, 6) is 4.13. The lowest BCUT2D eigenvalue weighted by molar-refractivity contribution is 0.390. The number of sulfonamides is 1. The van der Waals surface area contributed by atoms with Gasteiger partial charge in [-0.3, -0.25) is 9.29 Å². The van der Waals surface area contributed by atoms with Crippen LogP contribution in [-0.2, 0) is 10.0 Å². The van der Waals surface area contributed by atoms with Crippen LogP contribution in [0.25, 0.3) is 5.69 Å². The van der Waals surface area contributed by atoms with Crippen molar-refractivity contribution in [2.24, 2.45) is 0 Å². The van der Waals surface area contributed by atoms with E-state index in [4.69, 9.17) is 9.47 Å². The minimum absolute atomic E-state index is 0.0985. The van der Waals surface area contributed by atoms with Crippen molar-refractivity contribution in [3.63, 3.8) is 0 Å². The Bertz CT molecular complexity index is 1340. The predicted octanol–water partition coefficient (Wildman–Crippen LogP) is 3.87. The van der Waals surface area contributed by atoms with Crippen molar-refractivity contribution in [1.82, 2.24) is 24.7 Å². The number of para-hydroxylation sites is 1. The first kappa shape index (κ1) is 27.2. The van der Waals surface area contributed by atoms with Gasteiger partial charge in [-0.15, -0.1) is 10.2 Å². The Morgan fingerprint density at radius 1 is 1.08 bits per heavy atom. The molecule has 1 fully saturated rings. The largest absolute Gasteiger partial charge is 0.494 e. The zero-order valence-electron chi connectivity index (χ0n) is 22.4. The second-order valence-electron chi connectivity index (χ2n) is 10.1. The van der Waals surface area contributed by atoms with Gasteiger partial charge in [0, 0.05) is 24.2 Å². The van der Waals surface area contributed by atoms with Gasteiger partial charge < -0.3 is 9.47 Å². The molecule has 3 heterocycles. The highest BCUT2D eigenvalue weighted by atomic mass is 32.3. The number of benzene rings is 1. The van der Waals surface area contributed by atoms with Crippen molar-refractivity contribution in [3.05, 3.63) is 47.8 Å². The summed E-state index contributed by atoms with van der Waals surface area (Å²) in [6.07, 6.45) is 8.97. The van der Waals surface area contributed by atoms with Crippen LogP contribution in [0.1, 0.15) is 49.3 Å². The van der Waals surface area contributed by atoms with E-state index in [-0.39, 0.29) is 11.9 Å². The first-order valence-corrected chi connectivity index (χ1v) is 16.5. The maximum atomic E-state index is 13.6. The number of nitrogens with zero attached hydrogens (tertiary/aromatic N) is 5. The molecule has 3 atom stereocenters. The van der Waals surface area contributed by atoms with Crippen molar-refractivity contribution in [2.75, 3.05) is 43.0 Å². The molecule has 0 aliphatic carbocycles. The van der Waals surface area contributed by atoms with Gasteiger partial charge in [-0.1, -0.05) is 13.0 Å². The lowest BCUT2D eigenvalue weighted by Crippen LogP contribution is -2.31. The molecule has 0 bridgehead atoms. The second-order valence-corrected chi connectivity index (χ2v) is 16.4. The molecule has 0 saturated carbocycles. The average Bonchev–Trinajstić information content (AvgIpc) is 3.44. The number of methoxy groups -OCH3 is 2. The predicted molar refractivity (Wildman–Crippen MR) is 148 cm³/mol. The lowest BCUT2D eigenvalue weighted by atomic mass is 10.1. The highest BCUT2D eigenvalue weighted by molar-refractivity contribution is 8.32. The molecule has 0 unspecified atom stereocenters. The van der Waals surface area contributed by atoms with Crippen LogP contribution in [0.15, 0.2) is 30.6 Å². The van der Waals surface area contributed by atoms with E-state index in [1.807, 2.05) is 25.1 Å². The number of nitrogens with one attached hydrogen (secondary N) is 1. The molecule has 1 aliphatic heterocycles. The molecule has 10 nitrogen and oxygen atoms in total. The van der Waals surface area contributed by atoms with Crippen molar-refractivity contribution in [1.29, 1.82) is 0 Å². The fourth-order valence-electron chi connectivity index (χ4n) is 4.61. The standard InChI is InChI=1S/C25H36N6O4S2/c1-16-13-26-23(27-14-16)17(2)18(3)37(32,33)30-25-29-28-24(19-11-12-36(6,7)15-19)31(25)22-20(34-4)9-8-10-21(22)35-5/h8-10,13-14,17-19H,11-12,15H2,1-7H3,(H,29,30)/t17-,18-,19-/m0/s1. The molecule has 1 N–H and O–H groups in total. The number of anilines is 1. The summed E-state index contributed by atoms with van der Waals surface area (Å²) in [6, 6.07) is 5.44. The van der Waals surface area contributed by atoms with Gasteiger partial charge in [0.25, 0.3) is 0 Å². The van der Waals surface area contributed by atoms with Crippen LogP contribution in [-0.4, -0.2) is 76.6 Å². The Labute approximate surface area is 220 Å². The third-order valence-electron chi connectivity index (χ3n) is 6.99. The molecule has 1 aliphatic rings. The Balaban J connectivity index is 1.78. The molecule has 1 saturated heterocycles. The fourth-order valence-corrected chi connectivity index (χ4v) is 8.34. The highest BCUT2D eigenvalue weighted by Gasteiger charge is 2.36. The topological polar surface area (TPSA) is 121 Å². The quantitative estimate of drug-likeness (QED) is 0.428. The van der Waals surface area contributed by atoms with E-state index in [2.05, 4.69) is 37.4 Å². The molecule has 0 radical (unpaired) electrons. The first-order chi connectivity index (χ1) is 17.5. The van der Waals surface area contributed by atoms with E-state index < -0.39 is 31.2 Å². The summed E-state index contributed by atoms with van der Waals surface area (Å²) in [5, 5.41) is 8.01. The van der Waals surface area contributed by atoms with Crippen molar-refractivity contribution in [2.45, 2.75) is 44.3 Å². The molecule has 0 spiro atoms. The van der Waals surface area contributed by atoms with E-state index in [1.54, 1.807) is 45.0 Å². The molecule has 1 aromatic carbocycles. The molecule has 202 valence electrons. The minimum atomic E-state index is -3.90. The molecule has 4 rings (SSSR count). The third-order valence-corrected chi connectivity index (χ3v) is 11.5. The fraction of sp³-hybridized carbons (Fsp3) is 0.520. The summed E-state index contributed by atoms with van der Waals surface area (Å²) in [4.78, 5) is 8.67. The maximum absolute atomic E-state index is 13.6. The second kappa shape index (κ2) is 10.5. The molecule has 12 heteroatoms. The molecular weight excluding hydrogens is 512 g/mol. The Morgan fingerprint density at radius 2 is 1.70 bits per heavy atom. The van der Waals surface area contributed by atoms with Crippen LogP contribution in [0, 0.1) is 6.92 Å². The number of ether oxygens (including phenoxy) is 2. The molecule has 3 aromatic rings. The Kier molecular flexibility index (Phi) is 7.70. The van der Waals surface area contributed by atoms with Crippen LogP contribution in [0.3, 0.4) is 0 Å². The van der Waals surface area contributed by atoms with Gasteiger partial charge in [0.2, 0.25) is 16.0 Å². The van der Waals surface area contributed by atoms with Gasteiger partial charge in [0.15, 0.2) is 0 Å². The van der Waals surface area contributed by atoms with Crippen LogP contribution in [0.4, 0.5) is 5.95 Å². The zero-order valence-corrected chi connectivity index (χ0v) is 24.1. The third kappa shape index (κ3) is 5.54. The van der Waals surface area contributed by atoms with Crippen LogP contribution >= 0.6 is 10.0 Å². The van der Waals surface area contributed by atoms with Gasteiger partial charge in [0.05, 0.1) is 19.5 Å². The normalized spacial score (nSPS) is 19.7. The molecule has 2 aromatic heterocycles. The van der Waals surface area contributed by atoms with Crippen molar-refractivity contribution < 1.29 is 17.9 Å². The summed E-state index contributed by atoms with van der Waals surface area (Å²) >= 11 is 0. The van der Waals surface area contributed by atoms with Crippen LogP contribution in [0.2, 0.25) is 0 Å². The van der Waals surface area contributed by atoms with Gasteiger partial charge in [0.1, 0.15) is 28.8 Å². The number of rotatable bonds is 9. The SMILES string of the molecule is COc1cccc(OC)c1-n1c(NS(=O)(=O)[C@@H](C)[C@H](C)c2ncc(C)cn2)nnc1[C@H]1CCS(C)(C)C1. The van der Waals surface area contributed by atoms with Gasteiger partial charge in [-0.25, -0.2) is 28.4 Å². The van der Waals surface area contributed by atoms with Gasteiger partial charge in [-0.2, -0.15) is 0 Å². The molecular formula is C25H36N6O4S2. The number of hydrogen-bond donors (Lipinski definition) is 1. The van der Waals surface area contributed by atoms with Crippen LogP contribution < -0.4 is 14.2 Å². The van der Waals surface area contributed by atoms with E-state index in [0.29, 0.717) is 28.8 Å². The minimum Gasteiger partial charge on any atom is -0.494 e. The number of aromatic nitrogens is 5. The van der Waals surface area contributed by atoms with Crippen molar-refractivity contribution in [3.8, 4) is 17.2 Å². The van der Waals surface area contributed by atoms with Crippen LogP contribution in [0.5, 0.6) is 11.5 Å². The summed E-state index contributed by atoms with van der Waals surface area (Å²) < 4.78 is 43.0. The summed E-state index contributed by atoms with van der Waals surface area (Å²) in [6.45, 7) is 5.33. The number of hydrogen-bond acceptors (Lipinski definition) is 8. The summed E-state index contributed by atoms with van der Waals surface area (Å²) in [7, 11) is -1.52. The Morgan fingerprint density at radius 3 is 2.24 bits per heavy atom. The smallest absolute Gasteiger partial charge is 0.243 e. The van der Waals surface area contributed by atoms with Gasteiger partial charge in [-0.05, 0) is 62.0 Å². The molecule has 0 amide bonds. The monoisotopic (exact) mass is 548 g/mol. The maximum Gasteiger partial charge on any atom is 0.243 e. The molecule has 37 heavy (non-hydrogen) atoms. The summed E-state index contributed by atoms with van der Waals surface area (Å²) in [5.41, 5.74) is 1.47. The zero-order chi connectivity index (χ0) is 27.0. The van der Waals surface area contributed by atoms with Gasteiger partial charge >= 0.3 is 0 Å². The van der Waals surface area contributed by atoms with E-state index >= 15 is 0 Å². The van der Waals surface area contributed by atoms with E-state index in [1.165, 1.54) is 0 Å². The highest BCUT2D eigenvalue weighted by Crippen LogP contribution is 2.53. The lowest BCUT2D eigenvalue weighted by Gasteiger charge is -2.25.